The van der Waals surface area contributed by atoms with Gasteiger partial charge in [0.2, 0.25) is 0 Å². The Morgan fingerprint density at radius 1 is 1.07 bits per heavy atom. The van der Waals surface area contributed by atoms with Gasteiger partial charge in [0.1, 0.15) is 11.4 Å². The minimum absolute atomic E-state index is 0.160. The first kappa shape index (κ1) is 18.9. The summed E-state index contributed by atoms with van der Waals surface area (Å²) in [6, 6.07) is 13.7. The van der Waals surface area contributed by atoms with Gasteiger partial charge in [-0.25, -0.2) is 4.90 Å². The van der Waals surface area contributed by atoms with E-state index in [4.69, 9.17) is 16.3 Å². The molecule has 7 heteroatoms. The maximum Gasteiger partial charge on any atom is 0.282 e. The van der Waals surface area contributed by atoms with Gasteiger partial charge in [0.15, 0.2) is 0 Å². The molecule has 0 saturated carbocycles. The number of halogens is 1. The lowest BCUT2D eigenvalue weighted by atomic mass is 10.0. The third-order valence-electron chi connectivity index (χ3n) is 4.35. The smallest absolute Gasteiger partial charge is 0.282 e. The van der Waals surface area contributed by atoms with E-state index < -0.39 is 11.8 Å². The zero-order chi connectivity index (χ0) is 19.6. The maximum atomic E-state index is 13.3. The first-order valence-electron chi connectivity index (χ1n) is 8.34. The molecule has 0 unspecified atom stereocenters. The van der Waals surface area contributed by atoms with Crippen LogP contribution in [0.4, 0.5) is 5.69 Å². The number of benzene rings is 2. The quantitative estimate of drug-likeness (QED) is 0.773. The van der Waals surface area contributed by atoms with Crippen LogP contribution >= 0.6 is 11.6 Å². The van der Waals surface area contributed by atoms with Crippen LogP contribution in [0.3, 0.4) is 0 Å². The van der Waals surface area contributed by atoms with Crippen LogP contribution in [0, 0.1) is 0 Å². The van der Waals surface area contributed by atoms with Crippen molar-refractivity contribution in [3.8, 4) is 5.75 Å². The van der Waals surface area contributed by atoms with Gasteiger partial charge in [-0.1, -0.05) is 41.9 Å². The molecule has 140 valence electrons. The molecular weight excluding hydrogens is 368 g/mol. The Morgan fingerprint density at radius 2 is 1.74 bits per heavy atom. The average Bonchev–Trinajstić information content (AvgIpc) is 2.93. The summed E-state index contributed by atoms with van der Waals surface area (Å²) in [6.07, 6.45) is 0. The molecule has 0 saturated heterocycles. The highest BCUT2D eigenvalue weighted by molar-refractivity contribution is 6.47. The number of amides is 2. The van der Waals surface area contributed by atoms with Gasteiger partial charge in [0.25, 0.3) is 11.8 Å². The molecule has 2 aromatic rings. The molecule has 0 bridgehead atoms. The number of hydrogen-bond donors (Lipinski definition) is 1. The maximum absolute atomic E-state index is 13.3. The predicted octanol–water partition coefficient (Wildman–Crippen LogP) is 2.56. The Labute approximate surface area is 162 Å². The molecule has 1 aliphatic rings. The fourth-order valence-corrected chi connectivity index (χ4v) is 3.30. The summed E-state index contributed by atoms with van der Waals surface area (Å²) >= 11 is 6.23. The molecule has 2 aromatic carbocycles. The molecule has 0 spiro atoms. The van der Waals surface area contributed by atoms with Gasteiger partial charge in [-0.2, -0.15) is 0 Å². The van der Waals surface area contributed by atoms with Crippen LogP contribution in [0.1, 0.15) is 5.56 Å². The van der Waals surface area contributed by atoms with Crippen LogP contribution in [0.5, 0.6) is 5.75 Å². The topological polar surface area (TPSA) is 70.1 Å². The zero-order valence-electron chi connectivity index (χ0n) is 15.0. The van der Waals surface area contributed by atoms with Crippen molar-refractivity contribution in [1.29, 1.82) is 0 Å². The molecule has 0 radical (unpaired) electrons. The van der Waals surface area contributed by atoms with Gasteiger partial charge in [0.05, 0.1) is 30.0 Å². The van der Waals surface area contributed by atoms with Crippen molar-refractivity contribution in [2.75, 3.05) is 32.2 Å². The number of para-hydroxylation sites is 2. The fraction of sp³-hybridized carbons (Fsp3) is 0.200. The lowest BCUT2D eigenvalue weighted by Gasteiger charge is -2.21. The molecule has 1 N–H and O–H groups in total. The number of anilines is 1. The molecule has 1 aliphatic heterocycles. The lowest BCUT2D eigenvalue weighted by molar-refractivity contribution is -0.120. The standard InChI is InChI=1S/C20H19ClN2O4/c1-22(11-12-24)18-17(13-7-3-6-10-16(13)27-2)19(25)23(20(18)26)15-9-5-4-8-14(15)21/h3-10,24H,11-12H2,1-2H3. The highest BCUT2D eigenvalue weighted by Crippen LogP contribution is 2.39. The van der Waals surface area contributed by atoms with Gasteiger partial charge >= 0.3 is 0 Å². The largest absolute Gasteiger partial charge is 0.496 e. The second-order valence-electron chi connectivity index (χ2n) is 5.97. The summed E-state index contributed by atoms with van der Waals surface area (Å²) in [5.74, 6) is -0.507. The van der Waals surface area contributed by atoms with E-state index in [2.05, 4.69) is 0 Å². The van der Waals surface area contributed by atoms with Gasteiger partial charge in [-0.05, 0) is 18.2 Å². The van der Waals surface area contributed by atoms with Crippen LogP contribution in [-0.2, 0) is 9.59 Å². The number of likely N-dealkylation sites (N-methyl/N-ethyl adjacent to an activating group) is 1. The molecule has 27 heavy (non-hydrogen) atoms. The van der Waals surface area contributed by atoms with E-state index in [1.54, 1.807) is 60.5 Å². The molecular formula is C20H19ClN2O4. The second-order valence-corrected chi connectivity index (χ2v) is 6.37. The number of imide groups is 1. The number of aliphatic hydroxyl groups is 1. The summed E-state index contributed by atoms with van der Waals surface area (Å²) < 4.78 is 5.38. The summed E-state index contributed by atoms with van der Waals surface area (Å²) in [7, 11) is 3.16. The van der Waals surface area contributed by atoms with Crippen molar-refractivity contribution in [2.45, 2.75) is 0 Å². The van der Waals surface area contributed by atoms with Crippen molar-refractivity contribution in [3.63, 3.8) is 0 Å². The first-order chi connectivity index (χ1) is 13.0. The second kappa shape index (κ2) is 7.82. The van der Waals surface area contributed by atoms with Crippen LogP contribution in [0.2, 0.25) is 5.02 Å². The highest BCUT2D eigenvalue weighted by atomic mass is 35.5. The molecule has 0 aliphatic carbocycles. The number of rotatable bonds is 6. The Balaban J connectivity index is 2.20. The first-order valence-corrected chi connectivity index (χ1v) is 8.72. The van der Waals surface area contributed by atoms with Crippen LogP contribution in [0.25, 0.3) is 5.57 Å². The third kappa shape index (κ3) is 3.29. The van der Waals surface area contributed by atoms with Gasteiger partial charge in [-0.3, -0.25) is 9.59 Å². The summed E-state index contributed by atoms with van der Waals surface area (Å²) in [6.45, 7) is 0.0378. The van der Waals surface area contributed by atoms with Crippen molar-refractivity contribution in [2.24, 2.45) is 0 Å². The molecule has 1 heterocycles. The Bertz CT molecular complexity index is 926. The Hall–Kier alpha value is -2.83. The van der Waals surface area contributed by atoms with Crippen LogP contribution < -0.4 is 9.64 Å². The number of methoxy groups -OCH3 is 1. The van der Waals surface area contributed by atoms with E-state index in [0.29, 0.717) is 22.0 Å². The Morgan fingerprint density at radius 3 is 2.41 bits per heavy atom. The molecule has 0 fully saturated rings. The van der Waals surface area contributed by atoms with E-state index in [9.17, 15) is 14.7 Å². The van der Waals surface area contributed by atoms with Crippen molar-refractivity contribution >= 4 is 34.7 Å². The summed E-state index contributed by atoms with van der Waals surface area (Å²) in [4.78, 5) is 29.1. The fourth-order valence-electron chi connectivity index (χ4n) is 3.08. The van der Waals surface area contributed by atoms with Crippen LogP contribution in [0.15, 0.2) is 54.2 Å². The molecule has 0 aromatic heterocycles. The summed E-state index contributed by atoms with van der Waals surface area (Å²) in [5, 5.41) is 9.61. The number of nitrogens with zero attached hydrogens (tertiary/aromatic N) is 2. The zero-order valence-corrected chi connectivity index (χ0v) is 15.7. The molecule has 0 atom stereocenters. The van der Waals surface area contributed by atoms with Crippen molar-refractivity contribution in [1.82, 2.24) is 4.90 Å². The van der Waals surface area contributed by atoms with Gasteiger partial charge in [0, 0.05) is 19.2 Å². The minimum atomic E-state index is -0.495. The van der Waals surface area contributed by atoms with E-state index in [0.717, 1.165) is 4.90 Å². The number of carbonyl (C=O) groups is 2. The molecule has 6 nitrogen and oxygen atoms in total. The number of aliphatic hydroxyl groups excluding tert-OH is 1. The Kier molecular flexibility index (Phi) is 5.48. The van der Waals surface area contributed by atoms with Gasteiger partial charge in [-0.15, -0.1) is 0 Å². The number of carbonyl (C=O) groups excluding carboxylic acids is 2. The predicted molar refractivity (Wildman–Crippen MR) is 104 cm³/mol. The van der Waals surface area contributed by atoms with Gasteiger partial charge < -0.3 is 14.7 Å². The summed E-state index contributed by atoms with van der Waals surface area (Å²) in [5.41, 5.74) is 1.23. The van der Waals surface area contributed by atoms with E-state index in [-0.39, 0.29) is 24.4 Å². The normalized spacial score (nSPS) is 14.1. The van der Waals surface area contributed by atoms with Crippen molar-refractivity contribution < 1.29 is 19.4 Å². The number of ether oxygens (including phenoxy) is 1. The van der Waals surface area contributed by atoms with E-state index >= 15 is 0 Å². The van der Waals surface area contributed by atoms with E-state index in [1.165, 1.54) is 7.11 Å². The van der Waals surface area contributed by atoms with Crippen molar-refractivity contribution in [3.05, 3.63) is 64.8 Å². The average molecular weight is 387 g/mol. The minimum Gasteiger partial charge on any atom is -0.496 e. The number of hydrogen-bond acceptors (Lipinski definition) is 5. The molecule has 3 rings (SSSR count). The highest BCUT2D eigenvalue weighted by Gasteiger charge is 2.43. The lowest BCUT2D eigenvalue weighted by Crippen LogP contribution is -2.35. The van der Waals surface area contributed by atoms with Crippen LogP contribution in [-0.4, -0.2) is 49.1 Å². The third-order valence-corrected chi connectivity index (χ3v) is 4.67. The van der Waals surface area contributed by atoms with E-state index in [1.807, 2.05) is 0 Å². The monoisotopic (exact) mass is 386 g/mol. The molecule has 2 amide bonds. The SMILES string of the molecule is COc1ccccc1C1=C(N(C)CCO)C(=O)N(c2ccccc2Cl)C1=O.